The van der Waals surface area contributed by atoms with Gasteiger partial charge in [0.2, 0.25) is 5.91 Å². The largest absolute Gasteiger partial charge is 0.339 e. The van der Waals surface area contributed by atoms with Gasteiger partial charge in [0.1, 0.15) is 0 Å². The molecular weight excluding hydrogens is 224 g/mol. The minimum absolute atomic E-state index is 0.209. The Labute approximate surface area is 111 Å². The lowest BCUT2D eigenvalue weighted by Crippen LogP contribution is -2.41. The van der Waals surface area contributed by atoms with E-state index in [0.717, 1.165) is 32.2 Å². The van der Waals surface area contributed by atoms with E-state index in [1.807, 2.05) is 0 Å². The van der Waals surface area contributed by atoms with E-state index in [-0.39, 0.29) is 12.0 Å². The van der Waals surface area contributed by atoms with Crippen molar-refractivity contribution in [3.8, 4) is 0 Å². The van der Waals surface area contributed by atoms with E-state index in [1.165, 1.54) is 12.8 Å². The molecule has 3 nitrogen and oxygen atoms in total. The van der Waals surface area contributed by atoms with Crippen molar-refractivity contribution in [2.45, 2.75) is 71.4 Å². The van der Waals surface area contributed by atoms with Gasteiger partial charge >= 0.3 is 0 Å². The van der Waals surface area contributed by atoms with Crippen molar-refractivity contribution in [3.05, 3.63) is 0 Å². The van der Waals surface area contributed by atoms with Crippen LogP contribution < -0.4 is 5.73 Å². The summed E-state index contributed by atoms with van der Waals surface area (Å²) in [5.74, 6) is 0.593. The Balaban J connectivity index is 1.96. The van der Waals surface area contributed by atoms with Crippen LogP contribution in [0.2, 0.25) is 0 Å². The summed E-state index contributed by atoms with van der Waals surface area (Å²) in [4.78, 5) is 14.7. The molecule has 0 bridgehead atoms. The third kappa shape index (κ3) is 3.25. The van der Waals surface area contributed by atoms with E-state index < -0.39 is 0 Å². The van der Waals surface area contributed by atoms with Crippen LogP contribution in [0.1, 0.15) is 59.3 Å². The van der Waals surface area contributed by atoms with Crippen LogP contribution in [0.15, 0.2) is 0 Å². The average molecular weight is 252 g/mol. The van der Waals surface area contributed by atoms with Crippen molar-refractivity contribution in [2.75, 3.05) is 6.54 Å². The summed E-state index contributed by atoms with van der Waals surface area (Å²) < 4.78 is 0. The van der Waals surface area contributed by atoms with Gasteiger partial charge in [-0.1, -0.05) is 20.8 Å². The van der Waals surface area contributed by atoms with Crippen molar-refractivity contribution < 1.29 is 4.79 Å². The summed E-state index contributed by atoms with van der Waals surface area (Å²) >= 11 is 0. The molecule has 1 saturated heterocycles. The van der Waals surface area contributed by atoms with E-state index >= 15 is 0 Å². The first kappa shape index (κ1) is 13.9. The van der Waals surface area contributed by atoms with Crippen molar-refractivity contribution in [1.29, 1.82) is 0 Å². The van der Waals surface area contributed by atoms with Gasteiger partial charge in [-0.3, -0.25) is 4.79 Å². The maximum atomic E-state index is 12.6. The number of hydrogen-bond acceptors (Lipinski definition) is 2. The van der Waals surface area contributed by atoms with Crippen LogP contribution in [0.25, 0.3) is 0 Å². The van der Waals surface area contributed by atoms with E-state index in [2.05, 4.69) is 25.7 Å². The Morgan fingerprint density at radius 2 is 2.00 bits per heavy atom. The maximum absolute atomic E-state index is 12.6. The number of amides is 1. The third-order valence-electron chi connectivity index (χ3n) is 4.33. The van der Waals surface area contributed by atoms with E-state index in [1.54, 1.807) is 0 Å². The molecule has 0 spiro atoms. The summed E-state index contributed by atoms with van der Waals surface area (Å²) in [7, 11) is 0. The van der Waals surface area contributed by atoms with E-state index in [4.69, 9.17) is 5.73 Å². The lowest BCUT2D eigenvalue weighted by molar-refractivity contribution is -0.136. The number of hydrogen-bond donors (Lipinski definition) is 1. The molecule has 1 saturated carbocycles. The zero-order valence-electron chi connectivity index (χ0n) is 12.1. The van der Waals surface area contributed by atoms with Crippen LogP contribution in [0.5, 0.6) is 0 Å². The quantitative estimate of drug-likeness (QED) is 0.821. The second-order valence-corrected chi connectivity index (χ2v) is 7.36. The van der Waals surface area contributed by atoms with Gasteiger partial charge < -0.3 is 10.6 Å². The highest BCUT2D eigenvalue weighted by Crippen LogP contribution is 2.33. The molecule has 1 aliphatic carbocycles. The average Bonchev–Trinajstić information content (AvgIpc) is 2.84. The summed E-state index contributed by atoms with van der Waals surface area (Å²) in [6, 6.07) is 0.719. The van der Waals surface area contributed by atoms with E-state index in [0.29, 0.717) is 17.4 Å². The lowest BCUT2D eigenvalue weighted by atomic mass is 9.87. The minimum atomic E-state index is 0.209. The molecule has 2 N–H and O–H groups in total. The first-order valence-corrected chi connectivity index (χ1v) is 7.43. The summed E-state index contributed by atoms with van der Waals surface area (Å²) in [6.07, 6.45) is 6.40. The SMILES string of the molecule is CC(C)(C)CC1CCCN1C(=O)C1CCC(N)C1. The van der Waals surface area contributed by atoms with Crippen LogP contribution in [-0.4, -0.2) is 29.4 Å². The zero-order valence-corrected chi connectivity index (χ0v) is 12.1. The summed E-state index contributed by atoms with van der Waals surface area (Å²) in [5, 5.41) is 0. The van der Waals surface area contributed by atoms with Crippen molar-refractivity contribution in [1.82, 2.24) is 4.90 Å². The standard InChI is InChI=1S/C15H28N2O/c1-15(2,3)10-13-5-4-8-17(13)14(18)11-6-7-12(16)9-11/h11-13H,4-10,16H2,1-3H3. The fourth-order valence-corrected chi connectivity index (χ4v) is 3.52. The first-order chi connectivity index (χ1) is 8.37. The van der Waals surface area contributed by atoms with Gasteiger partial charge in [0.25, 0.3) is 0 Å². The van der Waals surface area contributed by atoms with Crippen molar-refractivity contribution in [3.63, 3.8) is 0 Å². The minimum Gasteiger partial charge on any atom is -0.339 e. The first-order valence-electron chi connectivity index (χ1n) is 7.43. The number of likely N-dealkylation sites (tertiary alicyclic amines) is 1. The van der Waals surface area contributed by atoms with Gasteiger partial charge in [-0.25, -0.2) is 0 Å². The van der Waals surface area contributed by atoms with Crippen LogP contribution in [-0.2, 0) is 4.79 Å². The summed E-state index contributed by atoms with van der Waals surface area (Å²) in [5.41, 5.74) is 6.23. The van der Waals surface area contributed by atoms with Crippen LogP contribution in [0, 0.1) is 11.3 Å². The molecule has 2 fully saturated rings. The fraction of sp³-hybridized carbons (Fsp3) is 0.933. The molecule has 1 aliphatic heterocycles. The predicted octanol–water partition coefficient (Wildman–Crippen LogP) is 2.54. The van der Waals surface area contributed by atoms with Gasteiger partial charge in [0, 0.05) is 24.5 Å². The monoisotopic (exact) mass is 252 g/mol. The Kier molecular flexibility index (Phi) is 4.00. The maximum Gasteiger partial charge on any atom is 0.225 e. The second-order valence-electron chi connectivity index (χ2n) is 7.36. The molecule has 2 aliphatic rings. The molecule has 0 aromatic carbocycles. The molecule has 2 rings (SSSR count). The van der Waals surface area contributed by atoms with Crippen LogP contribution in [0.4, 0.5) is 0 Å². The van der Waals surface area contributed by atoms with Crippen LogP contribution in [0.3, 0.4) is 0 Å². The number of nitrogens with two attached hydrogens (primary N) is 1. The topological polar surface area (TPSA) is 46.3 Å². The Morgan fingerprint density at radius 3 is 2.56 bits per heavy atom. The number of carbonyl (C=O) groups excluding carboxylic acids is 1. The molecule has 0 aromatic rings. The van der Waals surface area contributed by atoms with Gasteiger partial charge in [0.05, 0.1) is 0 Å². The second kappa shape index (κ2) is 5.20. The van der Waals surface area contributed by atoms with Gasteiger partial charge in [-0.15, -0.1) is 0 Å². The Hall–Kier alpha value is -0.570. The van der Waals surface area contributed by atoms with Gasteiger partial charge in [0.15, 0.2) is 0 Å². The normalized spacial score (nSPS) is 33.1. The highest BCUT2D eigenvalue weighted by molar-refractivity contribution is 5.79. The molecule has 0 radical (unpaired) electrons. The molecule has 1 amide bonds. The highest BCUT2D eigenvalue weighted by atomic mass is 16.2. The molecular formula is C15H28N2O. The van der Waals surface area contributed by atoms with E-state index in [9.17, 15) is 4.79 Å². The molecule has 1 heterocycles. The van der Waals surface area contributed by atoms with Crippen LogP contribution >= 0.6 is 0 Å². The lowest BCUT2D eigenvalue weighted by Gasteiger charge is -2.32. The molecule has 104 valence electrons. The number of carbonyl (C=O) groups is 1. The summed E-state index contributed by atoms with van der Waals surface area (Å²) in [6.45, 7) is 7.75. The Morgan fingerprint density at radius 1 is 1.28 bits per heavy atom. The molecule has 0 aromatic heterocycles. The highest BCUT2D eigenvalue weighted by Gasteiger charge is 2.37. The molecule has 3 heteroatoms. The third-order valence-corrected chi connectivity index (χ3v) is 4.33. The molecule has 3 atom stereocenters. The number of rotatable bonds is 2. The molecule has 18 heavy (non-hydrogen) atoms. The zero-order chi connectivity index (χ0) is 13.3. The fourth-order valence-electron chi connectivity index (χ4n) is 3.52. The Bertz CT molecular complexity index is 308. The number of nitrogens with zero attached hydrogens (tertiary/aromatic N) is 1. The predicted molar refractivity (Wildman–Crippen MR) is 74.1 cm³/mol. The molecule has 3 unspecified atom stereocenters. The van der Waals surface area contributed by atoms with Crippen molar-refractivity contribution >= 4 is 5.91 Å². The van der Waals surface area contributed by atoms with Gasteiger partial charge in [-0.2, -0.15) is 0 Å². The smallest absolute Gasteiger partial charge is 0.225 e. The van der Waals surface area contributed by atoms with Gasteiger partial charge in [-0.05, 0) is 43.9 Å². The van der Waals surface area contributed by atoms with Crippen molar-refractivity contribution in [2.24, 2.45) is 17.1 Å².